The van der Waals surface area contributed by atoms with E-state index in [-0.39, 0.29) is 17.4 Å². The van der Waals surface area contributed by atoms with Crippen molar-refractivity contribution >= 4 is 8.32 Å². The van der Waals surface area contributed by atoms with Gasteiger partial charge >= 0.3 is 0 Å². The number of rotatable bonds is 6. The van der Waals surface area contributed by atoms with E-state index in [1.54, 1.807) is 0 Å². The van der Waals surface area contributed by atoms with Crippen LogP contribution in [0.25, 0.3) is 0 Å². The molecule has 3 rings (SSSR count). The first kappa shape index (κ1) is 22.2. The Hall–Kier alpha value is -1.46. The maximum Gasteiger partial charge on any atom is 0.195 e. The minimum Gasteiger partial charge on any atom is -0.392 e. The van der Waals surface area contributed by atoms with Crippen molar-refractivity contribution in [3.05, 3.63) is 71.8 Å². The van der Waals surface area contributed by atoms with Gasteiger partial charge in [-0.25, -0.2) is 0 Å². The Morgan fingerprint density at radius 2 is 1.34 bits per heavy atom. The van der Waals surface area contributed by atoms with Crippen LogP contribution in [-0.4, -0.2) is 26.3 Å². The van der Waals surface area contributed by atoms with Crippen LogP contribution in [0.5, 0.6) is 0 Å². The molecule has 1 heterocycles. The summed E-state index contributed by atoms with van der Waals surface area (Å²) < 4.78 is 19.8. The lowest BCUT2D eigenvalue weighted by Crippen LogP contribution is -2.70. The quantitative estimate of drug-likeness (QED) is 0.401. The van der Waals surface area contributed by atoms with Crippen LogP contribution >= 0.6 is 0 Å². The zero-order valence-electron chi connectivity index (χ0n) is 19.2. The topological polar surface area (TPSA) is 27.7 Å². The Balaban J connectivity index is 1.96. The lowest BCUT2D eigenvalue weighted by molar-refractivity contribution is -0.358. The van der Waals surface area contributed by atoms with Crippen molar-refractivity contribution in [1.29, 1.82) is 0 Å². The van der Waals surface area contributed by atoms with E-state index >= 15 is 0 Å². The Kier molecular flexibility index (Phi) is 5.87. The molecule has 0 aromatic heterocycles. The van der Waals surface area contributed by atoms with Gasteiger partial charge in [0.15, 0.2) is 8.32 Å². The summed E-state index contributed by atoms with van der Waals surface area (Å²) in [7, 11) is -1.94. The van der Waals surface area contributed by atoms with Gasteiger partial charge in [-0.2, -0.15) is 0 Å². The van der Waals surface area contributed by atoms with Gasteiger partial charge in [-0.3, -0.25) is 0 Å². The van der Waals surface area contributed by atoms with Crippen LogP contribution in [0, 0.1) is 0 Å². The average molecular weight is 413 g/mol. The summed E-state index contributed by atoms with van der Waals surface area (Å²) in [5, 5.41) is 0.131. The summed E-state index contributed by atoms with van der Waals surface area (Å²) >= 11 is 0. The molecular weight excluding hydrogens is 376 g/mol. The molecule has 4 heteroatoms. The van der Waals surface area contributed by atoms with E-state index in [1.807, 2.05) is 19.1 Å². The third kappa shape index (κ3) is 4.09. The molecule has 0 radical (unpaired) electrons. The monoisotopic (exact) mass is 412 g/mol. The van der Waals surface area contributed by atoms with Gasteiger partial charge in [0.25, 0.3) is 0 Å². The first-order valence-electron chi connectivity index (χ1n) is 10.5. The fourth-order valence-corrected chi connectivity index (χ4v) is 5.22. The number of benzene rings is 2. The second-order valence-electron chi connectivity index (χ2n) is 10.1. The van der Waals surface area contributed by atoms with Crippen LogP contribution in [0.1, 0.15) is 52.7 Å². The van der Waals surface area contributed by atoms with Crippen LogP contribution in [0.4, 0.5) is 0 Å². The molecule has 1 saturated heterocycles. The molecule has 1 aliphatic heterocycles. The van der Waals surface area contributed by atoms with E-state index in [0.29, 0.717) is 0 Å². The van der Waals surface area contributed by atoms with Crippen molar-refractivity contribution < 1.29 is 13.9 Å². The summed E-state index contributed by atoms with van der Waals surface area (Å²) in [6.07, 6.45) is -0.476. The third-order valence-electron chi connectivity index (χ3n) is 6.42. The molecule has 2 atom stereocenters. The van der Waals surface area contributed by atoms with Gasteiger partial charge in [-0.1, -0.05) is 81.4 Å². The Labute approximate surface area is 177 Å². The zero-order chi connectivity index (χ0) is 21.5. The van der Waals surface area contributed by atoms with Crippen molar-refractivity contribution in [3.63, 3.8) is 0 Å². The summed E-state index contributed by atoms with van der Waals surface area (Å²) in [4.78, 5) is 0. The minimum atomic E-state index is -1.94. The predicted molar refractivity (Wildman–Crippen MR) is 121 cm³/mol. The molecule has 1 fully saturated rings. The normalized spacial score (nSPS) is 22.0. The Morgan fingerprint density at radius 1 is 0.897 bits per heavy atom. The molecule has 0 aliphatic carbocycles. The highest BCUT2D eigenvalue weighted by Gasteiger charge is 2.64. The van der Waals surface area contributed by atoms with Gasteiger partial charge in [-0.05, 0) is 50.0 Å². The van der Waals surface area contributed by atoms with E-state index in [2.05, 4.69) is 96.2 Å². The molecule has 0 N–H and O–H groups in total. The highest BCUT2D eigenvalue weighted by Crippen LogP contribution is 2.54. The fraction of sp³-hybridized carbons (Fsp3) is 0.520. The second kappa shape index (κ2) is 7.66. The van der Waals surface area contributed by atoms with Gasteiger partial charge in [-0.15, -0.1) is 0 Å². The molecule has 1 aliphatic rings. The zero-order valence-corrected chi connectivity index (χ0v) is 20.2. The summed E-state index contributed by atoms with van der Waals surface area (Å²) in [5.41, 5.74) is 1.15. The van der Waals surface area contributed by atoms with Gasteiger partial charge in [0.05, 0.1) is 5.60 Å². The molecule has 3 nitrogen and oxygen atoms in total. The average Bonchev–Trinajstić information content (AvgIpc) is 2.64. The van der Waals surface area contributed by atoms with E-state index in [1.165, 1.54) is 0 Å². The molecule has 2 aromatic rings. The van der Waals surface area contributed by atoms with E-state index in [4.69, 9.17) is 13.9 Å². The molecule has 0 bridgehead atoms. The van der Waals surface area contributed by atoms with Crippen molar-refractivity contribution in [2.24, 2.45) is 0 Å². The molecule has 0 unspecified atom stereocenters. The largest absolute Gasteiger partial charge is 0.392 e. The lowest BCUT2D eigenvalue weighted by atomic mass is 9.69. The highest BCUT2D eigenvalue weighted by atomic mass is 28.4. The molecule has 0 spiro atoms. The van der Waals surface area contributed by atoms with Crippen molar-refractivity contribution in [3.8, 4) is 0 Å². The number of hydrogen-bond acceptors (Lipinski definition) is 3. The third-order valence-corrected chi connectivity index (χ3v) is 11.0. The van der Waals surface area contributed by atoms with E-state index < -0.39 is 19.5 Å². The van der Waals surface area contributed by atoms with Crippen LogP contribution < -0.4 is 0 Å². The SMILES string of the molecule is C[C@H](O[C@H]1C(C)(C)OC1(c1ccccc1)c1ccccc1)O[Si](C)(C)C(C)(C)C. The minimum absolute atomic E-state index is 0.131. The summed E-state index contributed by atoms with van der Waals surface area (Å²) in [5.74, 6) is 0. The summed E-state index contributed by atoms with van der Waals surface area (Å²) in [6.45, 7) is 17.5. The molecule has 29 heavy (non-hydrogen) atoms. The lowest BCUT2D eigenvalue weighted by Gasteiger charge is -2.60. The first-order valence-corrected chi connectivity index (χ1v) is 13.5. The van der Waals surface area contributed by atoms with Crippen LogP contribution in [-0.2, 0) is 19.5 Å². The Morgan fingerprint density at radius 3 is 1.72 bits per heavy atom. The highest BCUT2D eigenvalue weighted by molar-refractivity contribution is 6.74. The molecule has 0 saturated carbocycles. The van der Waals surface area contributed by atoms with Gasteiger partial charge in [0.1, 0.15) is 18.0 Å². The maximum atomic E-state index is 6.64. The molecule has 158 valence electrons. The molecule has 0 amide bonds. The van der Waals surface area contributed by atoms with Crippen LogP contribution in [0.15, 0.2) is 60.7 Å². The van der Waals surface area contributed by atoms with Gasteiger partial charge in [0, 0.05) is 0 Å². The van der Waals surface area contributed by atoms with Crippen molar-refractivity contribution in [2.45, 2.75) is 83.3 Å². The molecular formula is C25H36O3Si. The van der Waals surface area contributed by atoms with Gasteiger partial charge < -0.3 is 13.9 Å². The predicted octanol–water partition coefficient (Wildman–Crippen LogP) is 6.49. The standard InChI is InChI=1S/C25H36O3Si/c1-19(27-29(7,8)23(2,3)4)26-22-24(5,6)28-25(22,20-15-11-9-12-16-20)21-17-13-10-14-18-21/h9-19,22H,1-8H3/t19-,22+/m1/s1. The Bertz CT molecular complexity index is 769. The van der Waals surface area contributed by atoms with Crippen LogP contribution in [0.3, 0.4) is 0 Å². The van der Waals surface area contributed by atoms with E-state index in [9.17, 15) is 0 Å². The van der Waals surface area contributed by atoms with E-state index in [0.717, 1.165) is 11.1 Å². The summed E-state index contributed by atoms with van der Waals surface area (Å²) in [6, 6.07) is 20.8. The number of ether oxygens (including phenoxy) is 2. The van der Waals surface area contributed by atoms with Gasteiger partial charge in [0.2, 0.25) is 0 Å². The first-order chi connectivity index (χ1) is 13.4. The fourth-order valence-electron chi connectivity index (χ4n) is 3.98. The molecule has 2 aromatic carbocycles. The smallest absolute Gasteiger partial charge is 0.195 e. The number of hydrogen-bond donors (Lipinski definition) is 0. The van der Waals surface area contributed by atoms with Crippen molar-refractivity contribution in [1.82, 2.24) is 0 Å². The van der Waals surface area contributed by atoms with Crippen molar-refractivity contribution in [2.75, 3.05) is 0 Å². The maximum absolute atomic E-state index is 6.64. The van der Waals surface area contributed by atoms with Crippen LogP contribution in [0.2, 0.25) is 18.1 Å². The second-order valence-corrected chi connectivity index (χ2v) is 14.9.